The average molecular weight is 196 g/mol. The van der Waals surface area contributed by atoms with Crippen LogP contribution in [0.2, 0.25) is 0 Å². The van der Waals surface area contributed by atoms with E-state index in [0.717, 1.165) is 11.3 Å². The Bertz CT molecular complexity index is 369. The van der Waals surface area contributed by atoms with Crippen LogP contribution in [-0.4, -0.2) is 17.1 Å². The third-order valence-electron chi connectivity index (χ3n) is 2.05. The topological polar surface area (TPSA) is 55.0 Å². The van der Waals surface area contributed by atoms with E-state index in [0.29, 0.717) is 12.4 Å². The van der Waals surface area contributed by atoms with Crippen LogP contribution in [0.25, 0.3) is 0 Å². The van der Waals surface area contributed by atoms with Crippen molar-refractivity contribution in [3.05, 3.63) is 27.4 Å². The third kappa shape index (κ3) is 2.20. The van der Waals surface area contributed by atoms with Crippen LogP contribution in [0.5, 0.6) is 0 Å². The monoisotopic (exact) mass is 196 g/mol. The molecule has 0 saturated carbocycles. The van der Waals surface area contributed by atoms with Crippen LogP contribution in [0.4, 0.5) is 0 Å². The van der Waals surface area contributed by atoms with Crippen molar-refractivity contribution in [2.45, 2.75) is 33.3 Å². The molecule has 1 aromatic heterocycles. The Labute approximate surface area is 83.3 Å². The maximum atomic E-state index is 11.6. The first-order valence-corrected chi connectivity index (χ1v) is 4.65. The van der Waals surface area contributed by atoms with Crippen molar-refractivity contribution in [2.75, 3.05) is 7.11 Å². The van der Waals surface area contributed by atoms with Crippen molar-refractivity contribution >= 4 is 0 Å². The molecule has 0 aromatic carbocycles. The van der Waals surface area contributed by atoms with Crippen LogP contribution >= 0.6 is 0 Å². The molecule has 0 aliphatic carbocycles. The number of aromatic amines is 1. The van der Waals surface area contributed by atoms with Crippen LogP contribution < -0.4 is 5.56 Å². The predicted octanol–water partition coefficient (Wildman–Crippen LogP) is 1.35. The van der Waals surface area contributed by atoms with Crippen LogP contribution in [0, 0.1) is 6.92 Å². The number of rotatable bonds is 3. The number of hydrogen-bond acceptors (Lipinski definition) is 3. The van der Waals surface area contributed by atoms with E-state index in [9.17, 15) is 4.79 Å². The van der Waals surface area contributed by atoms with Gasteiger partial charge in [-0.05, 0) is 12.8 Å². The highest BCUT2D eigenvalue weighted by atomic mass is 16.5. The van der Waals surface area contributed by atoms with E-state index in [1.807, 2.05) is 20.8 Å². The van der Waals surface area contributed by atoms with Crippen LogP contribution in [0.15, 0.2) is 4.79 Å². The molecule has 0 atom stereocenters. The summed E-state index contributed by atoms with van der Waals surface area (Å²) in [5.74, 6) is 0.780. The Morgan fingerprint density at radius 2 is 2.14 bits per heavy atom. The van der Waals surface area contributed by atoms with Gasteiger partial charge in [-0.1, -0.05) is 13.8 Å². The molecular formula is C10H16N2O2. The lowest BCUT2D eigenvalue weighted by Gasteiger charge is -2.08. The molecule has 1 heterocycles. The molecule has 0 spiro atoms. The van der Waals surface area contributed by atoms with Gasteiger partial charge < -0.3 is 9.72 Å². The lowest BCUT2D eigenvalue weighted by atomic mass is 10.0. The molecule has 1 rings (SSSR count). The number of nitrogens with one attached hydrogen (secondary N) is 1. The second-order valence-electron chi connectivity index (χ2n) is 3.60. The summed E-state index contributed by atoms with van der Waals surface area (Å²) in [4.78, 5) is 18.6. The number of H-pyrrole nitrogens is 1. The molecule has 4 nitrogen and oxygen atoms in total. The van der Waals surface area contributed by atoms with E-state index in [2.05, 4.69) is 9.97 Å². The second-order valence-corrected chi connectivity index (χ2v) is 3.60. The molecule has 0 aliphatic rings. The molecule has 14 heavy (non-hydrogen) atoms. The molecule has 0 bridgehead atoms. The molecule has 0 unspecified atom stereocenters. The molecule has 78 valence electrons. The Morgan fingerprint density at radius 3 is 2.57 bits per heavy atom. The first-order chi connectivity index (χ1) is 6.56. The van der Waals surface area contributed by atoms with Gasteiger partial charge in [0.1, 0.15) is 12.4 Å². The number of nitrogens with zero attached hydrogens (tertiary/aromatic N) is 1. The molecule has 0 saturated heterocycles. The number of ether oxygens (including phenoxy) is 1. The van der Waals surface area contributed by atoms with Gasteiger partial charge in [0.15, 0.2) is 0 Å². The summed E-state index contributed by atoms with van der Waals surface area (Å²) in [6, 6.07) is 0. The van der Waals surface area contributed by atoms with Crippen molar-refractivity contribution in [3.8, 4) is 0 Å². The fourth-order valence-corrected chi connectivity index (χ4v) is 1.54. The van der Waals surface area contributed by atoms with Gasteiger partial charge in [0.25, 0.3) is 5.56 Å². The molecule has 4 heteroatoms. The minimum Gasteiger partial charge on any atom is -0.377 e. The maximum absolute atomic E-state index is 11.6. The van der Waals surface area contributed by atoms with Crippen molar-refractivity contribution in [1.82, 2.24) is 9.97 Å². The minimum absolute atomic E-state index is 0.0560. The number of aryl methyl sites for hydroxylation is 1. The van der Waals surface area contributed by atoms with Gasteiger partial charge in [-0.3, -0.25) is 4.79 Å². The molecule has 0 fully saturated rings. The van der Waals surface area contributed by atoms with E-state index in [1.54, 1.807) is 7.11 Å². The third-order valence-corrected chi connectivity index (χ3v) is 2.05. The predicted molar refractivity (Wildman–Crippen MR) is 54.4 cm³/mol. The Kier molecular flexibility index (Phi) is 3.41. The summed E-state index contributed by atoms with van der Waals surface area (Å²) in [7, 11) is 1.58. The maximum Gasteiger partial charge on any atom is 0.254 e. The van der Waals surface area contributed by atoms with E-state index in [4.69, 9.17) is 4.74 Å². The number of hydrogen-bond donors (Lipinski definition) is 1. The van der Waals surface area contributed by atoms with Crippen molar-refractivity contribution in [3.63, 3.8) is 0 Å². The Balaban J connectivity index is 3.19. The Morgan fingerprint density at radius 1 is 1.50 bits per heavy atom. The summed E-state index contributed by atoms with van der Waals surface area (Å²) < 4.78 is 4.91. The van der Waals surface area contributed by atoms with Crippen LogP contribution in [-0.2, 0) is 11.3 Å². The van der Waals surface area contributed by atoms with E-state index >= 15 is 0 Å². The summed E-state index contributed by atoms with van der Waals surface area (Å²) >= 11 is 0. The van der Waals surface area contributed by atoms with E-state index in [-0.39, 0.29) is 11.5 Å². The SMILES string of the molecule is COCc1nc(C)c(C(C)C)c(=O)[nH]1. The van der Waals surface area contributed by atoms with Crippen LogP contribution in [0.3, 0.4) is 0 Å². The summed E-state index contributed by atoms with van der Waals surface area (Å²) in [5.41, 5.74) is 1.49. The number of aromatic nitrogens is 2. The van der Waals surface area contributed by atoms with Gasteiger partial charge >= 0.3 is 0 Å². The highest BCUT2D eigenvalue weighted by molar-refractivity contribution is 5.19. The fourth-order valence-electron chi connectivity index (χ4n) is 1.54. The van der Waals surface area contributed by atoms with Crippen LogP contribution in [0.1, 0.15) is 36.8 Å². The fraction of sp³-hybridized carbons (Fsp3) is 0.600. The zero-order valence-electron chi connectivity index (χ0n) is 9.05. The smallest absolute Gasteiger partial charge is 0.254 e. The average Bonchev–Trinajstić information content (AvgIpc) is 2.01. The Hall–Kier alpha value is -1.16. The van der Waals surface area contributed by atoms with Crippen molar-refractivity contribution in [2.24, 2.45) is 0 Å². The van der Waals surface area contributed by atoms with Gasteiger partial charge in [-0.25, -0.2) is 4.98 Å². The van der Waals surface area contributed by atoms with E-state index in [1.165, 1.54) is 0 Å². The van der Waals surface area contributed by atoms with Gasteiger partial charge in [-0.2, -0.15) is 0 Å². The highest BCUT2D eigenvalue weighted by Crippen LogP contribution is 2.12. The lowest BCUT2D eigenvalue weighted by Crippen LogP contribution is -2.20. The largest absolute Gasteiger partial charge is 0.377 e. The lowest BCUT2D eigenvalue weighted by molar-refractivity contribution is 0.177. The highest BCUT2D eigenvalue weighted by Gasteiger charge is 2.10. The number of methoxy groups -OCH3 is 1. The van der Waals surface area contributed by atoms with Crippen molar-refractivity contribution < 1.29 is 4.74 Å². The van der Waals surface area contributed by atoms with Gasteiger partial charge in [-0.15, -0.1) is 0 Å². The summed E-state index contributed by atoms with van der Waals surface area (Å²) in [5, 5.41) is 0. The molecular weight excluding hydrogens is 180 g/mol. The summed E-state index contributed by atoms with van der Waals surface area (Å²) in [6.45, 7) is 6.16. The second kappa shape index (κ2) is 4.37. The van der Waals surface area contributed by atoms with Gasteiger partial charge in [0, 0.05) is 18.4 Å². The molecule has 1 aromatic rings. The molecule has 1 N–H and O–H groups in total. The first-order valence-electron chi connectivity index (χ1n) is 4.65. The molecule has 0 radical (unpaired) electrons. The minimum atomic E-state index is -0.0560. The van der Waals surface area contributed by atoms with E-state index < -0.39 is 0 Å². The van der Waals surface area contributed by atoms with Gasteiger partial charge in [0.2, 0.25) is 0 Å². The quantitative estimate of drug-likeness (QED) is 0.793. The van der Waals surface area contributed by atoms with Crippen molar-refractivity contribution in [1.29, 1.82) is 0 Å². The first kappa shape index (κ1) is 10.9. The zero-order valence-corrected chi connectivity index (χ0v) is 9.05. The standard InChI is InChI=1S/C10H16N2O2/c1-6(2)9-7(3)11-8(5-14-4)12-10(9)13/h6H,5H2,1-4H3,(H,11,12,13). The zero-order chi connectivity index (χ0) is 10.7. The normalized spacial score (nSPS) is 10.9. The molecule has 0 amide bonds. The van der Waals surface area contributed by atoms with Gasteiger partial charge in [0.05, 0.1) is 0 Å². The summed E-state index contributed by atoms with van der Waals surface area (Å²) in [6.07, 6.45) is 0. The molecule has 0 aliphatic heterocycles.